The average Bonchev–Trinajstić information content (AvgIpc) is 2.67. The first-order valence-electron chi connectivity index (χ1n) is 4.26. The van der Waals surface area contributed by atoms with E-state index in [0.717, 1.165) is 10.4 Å². The minimum Gasteiger partial charge on any atom is -0.481 e. The van der Waals surface area contributed by atoms with Crippen molar-refractivity contribution in [1.29, 1.82) is 0 Å². The third kappa shape index (κ3) is 2.38. The molecule has 0 aliphatic carbocycles. The highest BCUT2D eigenvalue weighted by Gasteiger charge is 2.08. The molecule has 0 unspecified atom stereocenters. The number of hydrogen-bond donors (Lipinski definition) is 1. The molecule has 1 N–H and O–H groups in total. The highest BCUT2D eigenvalue weighted by Crippen LogP contribution is 2.22. The second kappa shape index (κ2) is 4.18. The predicted molar refractivity (Wildman–Crippen MR) is 55.5 cm³/mol. The molecule has 2 aromatic heterocycles. The summed E-state index contributed by atoms with van der Waals surface area (Å²) < 4.78 is 4.01. The van der Waals surface area contributed by atoms with Gasteiger partial charge in [-0.05, 0) is 17.6 Å². The lowest BCUT2D eigenvalue weighted by Crippen LogP contribution is -1.99. The zero-order valence-corrected chi connectivity index (χ0v) is 8.49. The summed E-state index contributed by atoms with van der Waals surface area (Å²) in [5.41, 5.74) is 1.37. The summed E-state index contributed by atoms with van der Waals surface area (Å²) in [5, 5.41) is 8.58. The molecule has 0 spiro atoms. The molecule has 0 bridgehead atoms. The second-order valence-electron chi connectivity index (χ2n) is 2.90. The molecule has 2 rings (SSSR count). The van der Waals surface area contributed by atoms with Crippen LogP contribution in [0.4, 0.5) is 0 Å². The normalized spacial score (nSPS) is 10.1. The Morgan fingerprint density at radius 2 is 2.47 bits per heavy atom. The third-order valence-corrected chi connectivity index (χ3v) is 2.58. The lowest BCUT2D eigenvalue weighted by molar-refractivity contribution is -0.136. The number of aliphatic carboxylic acids is 1. The van der Waals surface area contributed by atoms with E-state index < -0.39 is 5.97 Å². The number of nitrogens with zero attached hydrogens (tertiary/aromatic N) is 2. The largest absolute Gasteiger partial charge is 0.481 e. The zero-order chi connectivity index (χ0) is 10.7. The van der Waals surface area contributed by atoms with Crippen molar-refractivity contribution in [2.75, 3.05) is 0 Å². The zero-order valence-electron chi connectivity index (χ0n) is 7.67. The summed E-state index contributed by atoms with van der Waals surface area (Å²) in [4.78, 5) is 15.2. The Morgan fingerprint density at radius 1 is 1.60 bits per heavy atom. The van der Waals surface area contributed by atoms with Gasteiger partial charge in [0.2, 0.25) is 0 Å². The quantitative estimate of drug-likeness (QED) is 0.852. The van der Waals surface area contributed by atoms with Gasteiger partial charge in [0.15, 0.2) is 0 Å². The van der Waals surface area contributed by atoms with Gasteiger partial charge in [0.1, 0.15) is 0 Å². The molecule has 15 heavy (non-hydrogen) atoms. The fourth-order valence-electron chi connectivity index (χ4n) is 1.12. The molecule has 0 aliphatic rings. The molecule has 0 saturated heterocycles. The Bertz CT molecular complexity index is 467. The molecule has 2 aromatic rings. The molecular formula is C10H7N2O2S. The van der Waals surface area contributed by atoms with Crippen molar-refractivity contribution in [1.82, 2.24) is 9.36 Å². The van der Waals surface area contributed by atoms with E-state index in [1.807, 2.05) is 12.1 Å². The van der Waals surface area contributed by atoms with Crippen molar-refractivity contribution >= 4 is 17.5 Å². The molecule has 5 heteroatoms. The van der Waals surface area contributed by atoms with Crippen molar-refractivity contribution in [2.45, 2.75) is 6.42 Å². The van der Waals surface area contributed by atoms with E-state index in [1.165, 1.54) is 11.5 Å². The Labute approximate surface area is 90.4 Å². The van der Waals surface area contributed by atoms with Gasteiger partial charge in [-0.25, -0.2) is 0 Å². The van der Waals surface area contributed by atoms with Crippen LogP contribution >= 0.6 is 11.5 Å². The van der Waals surface area contributed by atoms with E-state index in [0.29, 0.717) is 5.69 Å². The van der Waals surface area contributed by atoms with E-state index in [2.05, 4.69) is 15.4 Å². The molecule has 0 fully saturated rings. The third-order valence-electron chi connectivity index (χ3n) is 1.75. The maximum atomic E-state index is 10.4. The fraction of sp³-hybridized carbons (Fsp3) is 0.100. The van der Waals surface area contributed by atoms with Crippen molar-refractivity contribution in [3.8, 4) is 10.4 Å². The number of pyridine rings is 1. The van der Waals surface area contributed by atoms with Crippen molar-refractivity contribution in [2.24, 2.45) is 0 Å². The van der Waals surface area contributed by atoms with Gasteiger partial charge in [0.25, 0.3) is 0 Å². The summed E-state index contributed by atoms with van der Waals surface area (Å²) in [7, 11) is 0. The van der Waals surface area contributed by atoms with Gasteiger partial charge in [0, 0.05) is 24.0 Å². The Hall–Kier alpha value is -1.75. The minimum absolute atomic E-state index is 0.0865. The minimum atomic E-state index is -0.894. The first-order valence-corrected chi connectivity index (χ1v) is 5.03. The smallest absolute Gasteiger partial charge is 0.309 e. The van der Waals surface area contributed by atoms with Crippen LogP contribution in [-0.2, 0) is 11.2 Å². The van der Waals surface area contributed by atoms with E-state index in [-0.39, 0.29) is 6.42 Å². The summed E-state index contributed by atoms with van der Waals surface area (Å²) in [6, 6.07) is 6.66. The van der Waals surface area contributed by atoms with Gasteiger partial charge in [0.05, 0.1) is 17.0 Å². The number of carboxylic acid groups (broad SMARTS) is 1. The number of rotatable bonds is 3. The SMILES string of the molecule is O=C(O)Cc1[c]c(-c2cccnc2)sn1. The highest BCUT2D eigenvalue weighted by molar-refractivity contribution is 7.09. The molecule has 75 valence electrons. The van der Waals surface area contributed by atoms with Crippen LogP contribution in [0.2, 0.25) is 0 Å². The van der Waals surface area contributed by atoms with E-state index in [1.54, 1.807) is 12.4 Å². The van der Waals surface area contributed by atoms with Crippen molar-refractivity contribution in [3.63, 3.8) is 0 Å². The lowest BCUT2D eigenvalue weighted by atomic mass is 10.2. The van der Waals surface area contributed by atoms with Crippen LogP contribution in [0.5, 0.6) is 0 Å². The van der Waals surface area contributed by atoms with Crippen molar-refractivity contribution in [3.05, 3.63) is 36.3 Å². The highest BCUT2D eigenvalue weighted by atomic mass is 32.1. The van der Waals surface area contributed by atoms with Crippen LogP contribution in [0.25, 0.3) is 10.4 Å². The average molecular weight is 219 g/mol. The molecule has 2 heterocycles. The molecule has 0 amide bonds. The Balaban J connectivity index is 2.24. The molecule has 0 saturated carbocycles. The van der Waals surface area contributed by atoms with Gasteiger partial charge in [-0.1, -0.05) is 6.07 Å². The number of carboxylic acids is 1. The van der Waals surface area contributed by atoms with E-state index in [9.17, 15) is 4.79 Å². The van der Waals surface area contributed by atoms with Crippen molar-refractivity contribution < 1.29 is 9.90 Å². The topological polar surface area (TPSA) is 63.1 Å². The molecule has 1 radical (unpaired) electrons. The molecule has 0 aliphatic heterocycles. The lowest BCUT2D eigenvalue weighted by Gasteiger charge is -1.91. The first kappa shape index (κ1) is 9.79. The van der Waals surface area contributed by atoms with Crippen LogP contribution in [0.3, 0.4) is 0 Å². The number of carbonyl (C=O) groups is 1. The Morgan fingerprint density at radius 3 is 3.13 bits per heavy atom. The van der Waals surface area contributed by atoms with Gasteiger partial charge in [-0.2, -0.15) is 4.37 Å². The summed E-state index contributed by atoms with van der Waals surface area (Å²) >= 11 is 1.24. The summed E-state index contributed by atoms with van der Waals surface area (Å²) in [5.74, 6) is -0.894. The van der Waals surface area contributed by atoms with Crippen LogP contribution in [0, 0.1) is 6.07 Å². The molecular weight excluding hydrogens is 212 g/mol. The van der Waals surface area contributed by atoms with Crippen LogP contribution < -0.4 is 0 Å². The van der Waals surface area contributed by atoms with E-state index in [4.69, 9.17) is 5.11 Å². The number of aromatic nitrogens is 2. The summed E-state index contributed by atoms with van der Waals surface area (Å²) in [6.45, 7) is 0. The fourth-order valence-corrected chi connectivity index (χ4v) is 1.82. The monoisotopic (exact) mass is 219 g/mol. The molecule has 0 aromatic carbocycles. The molecule has 4 nitrogen and oxygen atoms in total. The summed E-state index contributed by atoms with van der Waals surface area (Å²) in [6.07, 6.45) is 3.30. The second-order valence-corrected chi connectivity index (χ2v) is 3.67. The van der Waals surface area contributed by atoms with Crippen LogP contribution in [0.1, 0.15) is 5.69 Å². The standard InChI is InChI=1S/C10H7N2O2S/c13-10(14)5-8-4-9(15-12-8)7-2-1-3-11-6-7/h1-3,6H,5H2,(H,13,14). The maximum Gasteiger partial charge on any atom is 0.309 e. The van der Waals surface area contributed by atoms with Crippen LogP contribution in [0.15, 0.2) is 24.5 Å². The maximum absolute atomic E-state index is 10.4. The van der Waals surface area contributed by atoms with Gasteiger partial charge < -0.3 is 5.11 Å². The Kier molecular flexibility index (Phi) is 2.73. The first-order chi connectivity index (χ1) is 7.25. The van der Waals surface area contributed by atoms with E-state index >= 15 is 0 Å². The van der Waals surface area contributed by atoms with Gasteiger partial charge >= 0.3 is 5.97 Å². The predicted octanol–water partition coefficient (Wildman–Crippen LogP) is 1.63. The van der Waals surface area contributed by atoms with Gasteiger partial charge in [-0.3, -0.25) is 9.78 Å². The molecule has 0 atom stereocenters. The van der Waals surface area contributed by atoms with Gasteiger partial charge in [-0.15, -0.1) is 0 Å². The number of hydrogen-bond acceptors (Lipinski definition) is 4. The van der Waals surface area contributed by atoms with Crippen LogP contribution in [-0.4, -0.2) is 20.4 Å².